The first kappa shape index (κ1) is 8.95. The molecule has 72 valence electrons. The zero-order valence-electron chi connectivity index (χ0n) is 7.79. The van der Waals surface area contributed by atoms with Gasteiger partial charge in [-0.3, -0.25) is 0 Å². The summed E-state index contributed by atoms with van der Waals surface area (Å²) in [4.78, 5) is 5.26. The summed E-state index contributed by atoms with van der Waals surface area (Å²) in [7, 11) is 3.63. The van der Waals surface area contributed by atoms with Crippen molar-refractivity contribution in [3.05, 3.63) is 22.8 Å². The van der Waals surface area contributed by atoms with Crippen LogP contribution in [0.25, 0.3) is 10.6 Å². The molecule has 3 rings (SSSR count). The van der Waals surface area contributed by atoms with Crippen molar-refractivity contribution >= 4 is 32.9 Å². The molecule has 1 aliphatic rings. The van der Waals surface area contributed by atoms with Crippen LogP contribution in [0.4, 0.5) is 0 Å². The Morgan fingerprint density at radius 3 is 2.71 bits per heavy atom. The summed E-state index contributed by atoms with van der Waals surface area (Å²) in [6.45, 7) is 4.15. The van der Waals surface area contributed by atoms with Crippen LogP contribution in [0.3, 0.4) is 0 Å². The van der Waals surface area contributed by atoms with E-state index in [0.717, 1.165) is 11.5 Å². The van der Waals surface area contributed by atoms with Gasteiger partial charge < -0.3 is 4.42 Å². The highest BCUT2D eigenvalue weighted by molar-refractivity contribution is 8.76. The molecule has 0 fully saturated rings. The first-order valence-electron chi connectivity index (χ1n) is 4.30. The summed E-state index contributed by atoms with van der Waals surface area (Å²) in [5, 5.41) is 0. The third-order valence-electron chi connectivity index (χ3n) is 2.07. The molecule has 2 aromatic heterocycles. The highest BCUT2D eigenvalue weighted by atomic mass is 33.1. The van der Waals surface area contributed by atoms with Gasteiger partial charge in [0, 0.05) is 9.77 Å². The second-order valence-electron chi connectivity index (χ2n) is 3.27. The topological polar surface area (TPSA) is 13.1 Å². The first-order valence-corrected chi connectivity index (χ1v) is 7.26. The predicted molar refractivity (Wildman–Crippen MR) is 63.2 cm³/mol. The Hall–Kier alpha value is -0.320. The fourth-order valence-electron chi connectivity index (χ4n) is 1.51. The molecule has 0 radical (unpaired) electrons. The molecular weight excluding hydrogens is 232 g/mol. The predicted octanol–water partition coefficient (Wildman–Crippen LogP) is 4.74. The lowest BCUT2D eigenvalue weighted by atomic mass is 10.3. The van der Waals surface area contributed by atoms with Crippen LogP contribution in [0, 0.1) is 13.8 Å². The molecule has 0 aliphatic carbocycles. The van der Waals surface area contributed by atoms with Gasteiger partial charge >= 0.3 is 0 Å². The van der Waals surface area contributed by atoms with Gasteiger partial charge in [-0.05, 0) is 36.8 Å². The van der Waals surface area contributed by atoms with E-state index in [1.165, 1.54) is 19.5 Å². The SMILES string of the molecule is Cc1cc2c(o1)-c1sc(C)cc1SS2. The van der Waals surface area contributed by atoms with Gasteiger partial charge in [-0.25, -0.2) is 0 Å². The fourth-order valence-corrected chi connectivity index (χ4v) is 5.27. The van der Waals surface area contributed by atoms with Crippen LogP contribution in [-0.4, -0.2) is 0 Å². The van der Waals surface area contributed by atoms with Gasteiger partial charge in [0.2, 0.25) is 0 Å². The van der Waals surface area contributed by atoms with E-state index >= 15 is 0 Å². The number of aryl methyl sites for hydroxylation is 2. The van der Waals surface area contributed by atoms with E-state index in [9.17, 15) is 0 Å². The number of fused-ring (bicyclic) bond motifs is 3. The Balaban J connectivity index is 2.27. The normalized spacial score (nSPS) is 13.9. The number of hydrogen-bond donors (Lipinski definition) is 0. The second-order valence-corrected chi connectivity index (χ2v) is 6.74. The molecule has 0 aromatic carbocycles. The summed E-state index contributed by atoms with van der Waals surface area (Å²) in [6, 6.07) is 4.35. The molecule has 0 unspecified atom stereocenters. The van der Waals surface area contributed by atoms with Gasteiger partial charge in [-0.2, -0.15) is 0 Å². The van der Waals surface area contributed by atoms with Crippen molar-refractivity contribution in [1.29, 1.82) is 0 Å². The van der Waals surface area contributed by atoms with Gasteiger partial charge in [-0.1, -0.05) is 10.8 Å². The molecule has 1 nitrogen and oxygen atoms in total. The van der Waals surface area contributed by atoms with E-state index < -0.39 is 0 Å². The first-order chi connectivity index (χ1) is 6.74. The highest BCUT2D eigenvalue weighted by Crippen LogP contribution is 2.54. The Morgan fingerprint density at radius 2 is 1.86 bits per heavy atom. The Bertz CT molecular complexity index is 449. The minimum atomic E-state index is 1.00. The average Bonchev–Trinajstić information content (AvgIpc) is 2.65. The van der Waals surface area contributed by atoms with E-state index in [0.29, 0.717) is 0 Å². The summed E-state index contributed by atoms with van der Waals surface area (Å²) in [5.74, 6) is 2.07. The fraction of sp³-hybridized carbons (Fsp3) is 0.200. The van der Waals surface area contributed by atoms with Crippen LogP contribution in [0.15, 0.2) is 26.3 Å². The molecule has 0 spiro atoms. The monoisotopic (exact) mass is 240 g/mol. The van der Waals surface area contributed by atoms with Gasteiger partial charge in [0.15, 0.2) is 5.76 Å². The number of hydrogen-bond acceptors (Lipinski definition) is 4. The van der Waals surface area contributed by atoms with Gasteiger partial charge in [0.25, 0.3) is 0 Å². The Morgan fingerprint density at radius 1 is 1.07 bits per heavy atom. The van der Waals surface area contributed by atoms with Crippen molar-refractivity contribution < 1.29 is 4.42 Å². The maximum absolute atomic E-state index is 5.72. The summed E-state index contributed by atoms with van der Waals surface area (Å²) < 4.78 is 5.72. The van der Waals surface area contributed by atoms with Crippen molar-refractivity contribution in [2.45, 2.75) is 23.6 Å². The van der Waals surface area contributed by atoms with Crippen LogP contribution >= 0.6 is 32.9 Å². The average molecular weight is 240 g/mol. The minimum Gasteiger partial charge on any atom is -0.459 e. The largest absolute Gasteiger partial charge is 0.459 e. The lowest BCUT2D eigenvalue weighted by Gasteiger charge is -2.07. The van der Waals surface area contributed by atoms with Crippen LogP contribution < -0.4 is 0 Å². The van der Waals surface area contributed by atoms with E-state index in [4.69, 9.17) is 4.42 Å². The number of furan rings is 1. The smallest absolute Gasteiger partial charge is 0.159 e. The molecule has 1 aliphatic heterocycles. The third kappa shape index (κ3) is 1.25. The number of thiophene rings is 1. The number of rotatable bonds is 0. The van der Waals surface area contributed by atoms with Gasteiger partial charge in [-0.15, -0.1) is 11.3 Å². The summed E-state index contributed by atoms with van der Waals surface area (Å²) >= 11 is 1.82. The van der Waals surface area contributed by atoms with Crippen LogP contribution in [0.2, 0.25) is 0 Å². The highest BCUT2D eigenvalue weighted by Gasteiger charge is 2.23. The molecule has 0 saturated heterocycles. The van der Waals surface area contributed by atoms with Crippen molar-refractivity contribution in [3.8, 4) is 10.6 Å². The van der Waals surface area contributed by atoms with Crippen molar-refractivity contribution in [1.82, 2.24) is 0 Å². The zero-order chi connectivity index (χ0) is 9.71. The molecule has 0 saturated carbocycles. The Kier molecular flexibility index (Phi) is 1.97. The standard InChI is InChI=1S/C10H8OS3/c1-5-3-7-9(11-5)10-8(14-13-7)4-6(2)12-10/h3-4H,1-2H3. The van der Waals surface area contributed by atoms with Crippen molar-refractivity contribution in [2.75, 3.05) is 0 Å². The molecular formula is C10H8OS3. The third-order valence-corrected chi connectivity index (χ3v) is 5.64. The van der Waals surface area contributed by atoms with Crippen molar-refractivity contribution in [3.63, 3.8) is 0 Å². The lowest BCUT2D eigenvalue weighted by molar-refractivity contribution is 0.545. The molecule has 4 heteroatoms. The minimum absolute atomic E-state index is 1.00. The van der Waals surface area contributed by atoms with E-state index in [1.54, 1.807) is 10.8 Å². The second kappa shape index (κ2) is 3.08. The summed E-state index contributed by atoms with van der Waals surface area (Å²) in [5.41, 5.74) is 0. The van der Waals surface area contributed by atoms with Crippen LogP contribution in [-0.2, 0) is 0 Å². The quantitative estimate of drug-likeness (QED) is 0.618. The molecule has 0 amide bonds. The van der Waals surface area contributed by atoms with Gasteiger partial charge in [0.1, 0.15) is 5.76 Å². The molecule has 0 N–H and O–H groups in total. The molecule has 14 heavy (non-hydrogen) atoms. The molecule has 0 bridgehead atoms. The van der Waals surface area contributed by atoms with E-state index in [-0.39, 0.29) is 0 Å². The van der Waals surface area contributed by atoms with Crippen molar-refractivity contribution in [2.24, 2.45) is 0 Å². The maximum atomic E-state index is 5.72. The van der Waals surface area contributed by atoms with E-state index in [2.05, 4.69) is 19.1 Å². The zero-order valence-corrected chi connectivity index (χ0v) is 10.2. The van der Waals surface area contributed by atoms with Gasteiger partial charge in [0.05, 0.1) is 9.77 Å². The molecule has 3 heterocycles. The van der Waals surface area contributed by atoms with E-state index in [1.807, 2.05) is 29.1 Å². The lowest BCUT2D eigenvalue weighted by Crippen LogP contribution is -1.77. The molecule has 0 atom stereocenters. The van der Waals surface area contributed by atoms with Crippen LogP contribution in [0.1, 0.15) is 10.6 Å². The Labute approximate surface area is 94.3 Å². The molecule has 2 aromatic rings. The van der Waals surface area contributed by atoms with Crippen LogP contribution in [0.5, 0.6) is 0 Å². The summed E-state index contributed by atoms with van der Waals surface area (Å²) in [6.07, 6.45) is 0. The maximum Gasteiger partial charge on any atom is 0.159 e.